The summed E-state index contributed by atoms with van der Waals surface area (Å²) < 4.78 is 2.41. The van der Waals surface area contributed by atoms with Gasteiger partial charge >= 0.3 is 0 Å². The molecule has 0 radical (unpaired) electrons. The van der Waals surface area contributed by atoms with Crippen LogP contribution in [-0.4, -0.2) is 22.1 Å². The van der Waals surface area contributed by atoms with Gasteiger partial charge in [0.25, 0.3) is 0 Å². The van der Waals surface area contributed by atoms with E-state index >= 15 is 0 Å². The second-order valence-corrected chi connectivity index (χ2v) is 6.67. The van der Waals surface area contributed by atoms with E-state index in [9.17, 15) is 0 Å². The molecule has 1 N–H and O–H groups in total. The summed E-state index contributed by atoms with van der Waals surface area (Å²) in [7, 11) is 0. The van der Waals surface area contributed by atoms with E-state index in [1.165, 1.54) is 49.1 Å². The third-order valence-electron chi connectivity index (χ3n) is 4.56. The molecule has 1 atom stereocenters. The average molecular weight is 285 g/mol. The van der Waals surface area contributed by atoms with Crippen LogP contribution in [0.4, 0.5) is 0 Å². The lowest BCUT2D eigenvalue weighted by atomic mass is 10.0. The van der Waals surface area contributed by atoms with Crippen molar-refractivity contribution in [1.82, 2.24) is 14.9 Å². The highest BCUT2D eigenvalue weighted by atomic mass is 15.1. The molecule has 2 aromatic rings. The fourth-order valence-electron chi connectivity index (χ4n) is 3.48. The predicted octanol–water partition coefficient (Wildman–Crippen LogP) is 4.00. The smallest absolute Gasteiger partial charge is 0.110 e. The molecule has 1 aliphatic rings. The molecule has 3 rings (SSSR count). The highest BCUT2D eigenvalue weighted by Gasteiger charge is 2.17. The minimum absolute atomic E-state index is 0.465. The summed E-state index contributed by atoms with van der Waals surface area (Å²) >= 11 is 0. The van der Waals surface area contributed by atoms with Crippen molar-refractivity contribution in [3.63, 3.8) is 0 Å². The van der Waals surface area contributed by atoms with Crippen molar-refractivity contribution >= 4 is 11.0 Å². The Morgan fingerprint density at radius 3 is 2.90 bits per heavy atom. The number of benzene rings is 1. The lowest BCUT2D eigenvalue weighted by Gasteiger charge is -2.23. The molecule has 0 saturated carbocycles. The number of aromatic nitrogens is 2. The molecule has 1 aromatic heterocycles. The van der Waals surface area contributed by atoms with Gasteiger partial charge in [0.15, 0.2) is 0 Å². The second kappa shape index (κ2) is 6.18. The van der Waals surface area contributed by atoms with Gasteiger partial charge in [-0.1, -0.05) is 12.5 Å². The van der Waals surface area contributed by atoms with Crippen molar-refractivity contribution < 1.29 is 0 Å². The second-order valence-electron chi connectivity index (χ2n) is 6.67. The summed E-state index contributed by atoms with van der Waals surface area (Å²) in [5, 5.41) is 3.64. The van der Waals surface area contributed by atoms with Gasteiger partial charge < -0.3 is 9.88 Å². The molecule has 3 nitrogen and oxygen atoms in total. The van der Waals surface area contributed by atoms with E-state index in [1.807, 2.05) is 0 Å². The van der Waals surface area contributed by atoms with Crippen LogP contribution in [-0.2, 0) is 6.42 Å². The first-order valence-electron chi connectivity index (χ1n) is 8.36. The standard InChI is InChI=1S/C18H27N3/c1-13(2)21-17-9-7-14(3)12-16(17)20-18(21)10-8-15-6-4-5-11-19-15/h7,9,12-13,15,19H,4-6,8,10-11H2,1-3H3. The number of hydrogen-bond acceptors (Lipinski definition) is 2. The van der Waals surface area contributed by atoms with Gasteiger partial charge in [-0.15, -0.1) is 0 Å². The summed E-state index contributed by atoms with van der Waals surface area (Å²) in [4.78, 5) is 4.91. The fraction of sp³-hybridized carbons (Fsp3) is 0.611. The van der Waals surface area contributed by atoms with Crippen LogP contribution in [0.2, 0.25) is 0 Å². The van der Waals surface area contributed by atoms with Crippen LogP contribution >= 0.6 is 0 Å². The first kappa shape index (κ1) is 14.6. The molecular formula is C18H27N3. The number of fused-ring (bicyclic) bond motifs is 1. The van der Waals surface area contributed by atoms with E-state index in [-0.39, 0.29) is 0 Å². The molecule has 1 saturated heterocycles. The zero-order valence-electron chi connectivity index (χ0n) is 13.5. The Kier molecular flexibility index (Phi) is 4.29. The lowest BCUT2D eigenvalue weighted by molar-refractivity contribution is 0.378. The largest absolute Gasteiger partial charge is 0.325 e. The van der Waals surface area contributed by atoms with Crippen LogP contribution in [0, 0.1) is 6.92 Å². The van der Waals surface area contributed by atoms with Gasteiger partial charge in [0, 0.05) is 18.5 Å². The first-order chi connectivity index (χ1) is 10.1. The van der Waals surface area contributed by atoms with Crippen molar-refractivity contribution in [2.24, 2.45) is 0 Å². The Morgan fingerprint density at radius 1 is 1.33 bits per heavy atom. The molecule has 0 aliphatic carbocycles. The van der Waals surface area contributed by atoms with Crippen LogP contribution in [0.25, 0.3) is 11.0 Å². The molecule has 1 aromatic carbocycles. The minimum Gasteiger partial charge on any atom is -0.325 e. The third kappa shape index (κ3) is 3.13. The molecule has 1 unspecified atom stereocenters. The van der Waals surface area contributed by atoms with E-state index in [1.54, 1.807) is 0 Å². The Morgan fingerprint density at radius 2 is 2.19 bits per heavy atom. The number of nitrogens with zero attached hydrogens (tertiary/aromatic N) is 2. The highest BCUT2D eigenvalue weighted by Crippen LogP contribution is 2.24. The van der Waals surface area contributed by atoms with Crippen molar-refractivity contribution in [2.75, 3.05) is 6.54 Å². The molecule has 1 fully saturated rings. The minimum atomic E-state index is 0.465. The van der Waals surface area contributed by atoms with Gasteiger partial charge in [0.1, 0.15) is 5.82 Å². The van der Waals surface area contributed by atoms with Gasteiger partial charge in [0.05, 0.1) is 11.0 Å². The van der Waals surface area contributed by atoms with Gasteiger partial charge in [-0.2, -0.15) is 0 Å². The van der Waals surface area contributed by atoms with Crippen molar-refractivity contribution in [3.8, 4) is 0 Å². The van der Waals surface area contributed by atoms with Gasteiger partial charge in [-0.25, -0.2) is 4.98 Å². The number of nitrogens with one attached hydrogen (secondary N) is 1. The normalized spacial score (nSPS) is 19.5. The van der Waals surface area contributed by atoms with E-state index < -0.39 is 0 Å². The molecule has 21 heavy (non-hydrogen) atoms. The predicted molar refractivity (Wildman–Crippen MR) is 88.8 cm³/mol. The maximum atomic E-state index is 4.91. The monoisotopic (exact) mass is 285 g/mol. The molecular weight excluding hydrogens is 258 g/mol. The molecule has 1 aliphatic heterocycles. The maximum Gasteiger partial charge on any atom is 0.110 e. The third-order valence-corrected chi connectivity index (χ3v) is 4.56. The van der Waals surface area contributed by atoms with E-state index in [0.29, 0.717) is 12.1 Å². The van der Waals surface area contributed by atoms with E-state index in [0.717, 1.165) is 11.9 Å². The summed E-state index contributed by atoms with van der Waals surface area (Å²) in [6, 6.07) is 7.76. The quantitative estimate of drug-likeness (QED) is 0.920. The fourth-order valence-corrected chi connectivity index (χ4v) is 3.48. The Balaban J connectivity index is 1.84. The van der Waals surface area contributed by atoms with Crippen LogP contribution in [0.5, 0.6) is 0 Å². The van der Waals surface area contributed by atoms with E-state index in [4.69, 9.17) is 4.98 Å². The van der Waals surface area contributed by atoms with Crippen molar-refractivity contribution in [2.45, 2.75) is 65.0 Å². The first-order valence-corrected chi connectivity index (χ1v) is 8.36. The number of aryl methyl sites for hydroxylation is 2. The zero-order valence-corrected chi connectivity index (χ0v) is 13.5. The lowest BCUT2D eigenvalue weighted by Crippen LogP contribution is -2.34. The van der Waals surface area contributed by atoms with Crippen molar-refractivity contribution in [3.05, 3.63) is 29.6 Å². The van der Waals surface area contributed by atoms with Gasteiger partial charge in [-0.3, -0.25) is 0 Å². The van der Waals surface area contributed by atoms with Crippen LogP contribution in [0.3, 0.4) is 0 Å². The molecule has 0 amide bonds. The van der Waals surface area contributed by atoms with E-state index in [2.05, 4.69) is 48.9 Å². The van der Waals surface area contributed by atoms with Crippen LogP contribution in [0.15, 0.2) is 18.2 Å². The number of rotatable bonds is 4. The Labute approximate surface area is 127 Å². The average Bonchev–Trinajstić information content (AvgIpc) is 2.83. The number of imidazole rings is 1. The zero-order chi connectivity index (χ0) is 14.8. The topological polar surface area (TPSA) is 29.9 Å². The summed E-state index contributed by atoms with van der Waals surface area (Å²) in [5.41, 5.74) is 3.72. The van der Waals surface area contributed by atoms with Gasteiger partial charge in [-0.05, 0) is 64.3 Å². The SMILES string of the molecule is Cc1ccc2c(c1)nc(CCC1CCCCN1)n2C(C)C. The highest BCUT2D eigenvalue weighted by molar-refractivity contribution is 5.77. The molecule has 0 bridgehead atoms. The number of piperidine rings is 1. The summed E-state index contributed by atoms with van der Waals surface area (Å²) in [6.07, 6.45) is 6.30. The molecule has 0 spiro atoms. The molecule has 2 heterocycles. The Hall–Kier alpha value is -1.35. The van der Waals surface area contributed by atoms with Crippen LogP contribution < -0.4 is 5.32 Å². The number of hydrogen-bond donors (Lipinski definition) is 1. The van der Waals surface area contributed by atoms with Crippen molar-refractivity contribution in [1.29, 1.82) is 0 Å². The molecule has 3 heteroatoms. The Bertz CT molecular complexity index is 606. The van der Waals surface area contributed by atoms with Gasteiger partial charge in [0.2, 0.25) is 0 Å². The summed E-state index contributed by atoms with van der Waals surface area (Å²) in [5.74, 6) is 1.25. The summed E-state index contributed by atoms with van der Waals surface area (Å²) in [6.45, 7) is 7.83. The maximum absolute atomic E-state index is 4.91. The van der Waals surface area contributed by atoms with Crippen LogP contribution in [0.1, 0.15) is 57.0 Å². The molecule has 114 valence electrons.